The van der Waals surface area contributed by atoms with Crippen LogP contribution >= 0.6 is 72.2 Å². The van der Waals surface area contributed by atoms with Crippen LogP contribution in [0.3, 0.4) is 0 Å². The number of phenolic OH excluding ortho intramolecular Hbond substituents is 2. The van der Waals surface area contributed by atoms with Gasteiger partial charge in [-0.05, 0) is 111 Å². The maximum atomic E-state index is 11.8. The Bertz CT molecular complexity index is 991. The SMILES string of the molecule is O=Pc1cccc(-c2cc(Br)c(O)c(Br)c2)c1-c1cc(Br)c(O)c(Br)c1. The Morgan fingerprint density at radius 2 is 1.19 bits per heavy atom. The number of benzene rings is 3. The van der Waals surface area contributed by atoms with Crippen LogP contribution in [0.15, 0.2) is 60.4 Å². The quantitative estimate of drug-likeness (QED) is 0.299. The average Bonchev–Trinajstić information content (AvgIpc) is 2.62. The van der Waals surface area contributed by atoms with Crippen LogP contribution in [0.4, 0.5) is 0 Å². The predicted octanol–water partition coefficient (Wildman–Crippen LogP) is 7.40. The second kappa shape index (κ2) is 8.11. The number of rotatable bonds is 3. The lowest BCUT2D eigenvalue weighted by Gasteiger charge is -2.15. The molecule has 3 aromatic carbocycles. The van der Waals surface area contributed by atoms with Crippen molar-refractivity contribution in [3.63, 3.8) is 0 Å². The molecule has 0 aliphatic rings. The van der Waals surface area contributed by atoms with Crippen molar-refractivity contribution in [3.05, 3.63) is 60.4 Å². The Morgan fingerprint density at radius 1 is 0.731 bits per heavy atom. The molecule has 2 N–H and O–H groups in total. The summed E-state index contributed by atoms with van der Waals surface area (Å²) in [6.45, 7) is 0. The maximum Gasteiger partial charge on any atom is 0.192 e. The van der Waals surface area contributed by atoms with Gasteiger partial charge in [0.2, 0.25) is 0 Å². The summed E-state index contributed by atoms with van der Waals surface area (Å²) in [4.78, 5) is 0. The minimum Gasteiger partial charge on any atom is -0.506 e. The molecular weight excluding hydrogens is 615 g/mol. The number of phenols is 2. The normalized spacial score (nSPS) is 11.1. The van der Waals surface area contributed by atoms with E-state index in [0.29, 0.717) is 23.2 Å². The smallest absolute Gasteiger partial charge is 0.192 e. The number of halogens is 4. The van der Waals surface area contributed by atoms with Crippen LogP contribution in [0.5, 0.6) is 11.5 Å². The third-order valence-electron chi connectivity index (χ3n) is 3.77. The molecule has 3 nitrogen and oxygen atoms in total. The molecule has 132 valence electrons. The molecule has 0 atom stereocenters. The van der Waals surface area contributed by atoms with Crippen molar-refractivity contribution in [2.24, 2.45) is 0 Å². The highest BCUT2D eigenvalue weighted by molar-refractivity contribution is 9.11. The summed E-state index contributed by atoms with van der Waals surface area (Å²) >= 11 is 13.4. The first-order valence-electron chi connectivity index (χ1n) is 7.16. The summed E-state index contributed by atoms with van der Waals surface area (Å²) in [5.41, 5.74) is 3.24. The third-order valence-corrected chi connectivity index (χ3v) is 6.76. The molecule has 0 saturated carbocycles. The van der Waals surface area contributed by atoms with E-state index in [-0.39, 0.29) is 20.0 Å². The van der Waals surface area contributed by atoms with Gasteiger partial charge < -0.3 is 10.2 Å². The lowest BCUT2D eigenvalue weighted by atomic mass is 9.94. The average molecular weight is 624 g/mol. The van der Waals surface area contributed by atoms with E-state index in [4.69, 9.17) is 0 Å². The highest BCUT2D eigenvalue weighted by Crippen LogP contribution is 2.42. The van der Waals surface area contributed by atoms with Crippen LogP contribution in [0.2, 0.25) is 0 Å². The second-order valence-corrected chi connectivity index (χ2v) is 9.45. The van der Waals surface area contributed by atoms with E-state index in [2.05, 4.69) is 63.7 Å². The van der Waals surface area contributed by atoms with Gasteiger partial charge in [0.25, 0.3) is 0 Å². The van der Waals surface area contributed by atoms with Crippen molar-refractivity contribution in [2.45, 2.75) is 0 Å². The van der Waals surface area contributed by atoms with Gasteiger partial charge in [-0.25, -0.2) is 0 Å². The molecule has 0 bridgehead atoms. The van der Waals surface area contributed by atoms with E-state index in [1.165, 1.54) is 0 Å². The monoisotopic (exact) mass is 620 g/mol. The van der Waals surface area contributed by atoms with Gasteiger partial charge in [0.15, 0.2) is 8.46 Å². The van der Waals surface area contributed by atoms with E-state index in [0.717, 1.165) is 22.3 Å². The van der Waals surface area contributed by atoms with Crippen molar-refractivity contribution in [1.82, 2.24) is 0 Å². The Labute approximate surface area is 185 Å². The minimum absolute atomic E-state index is 0.0996. The van der Waals surface area contributed by atoms with Crippen LogP contribution in [0.25, 0.3) is 22.3 Å². The van der Waals surface area contributed by atoms with Gasteiger partial charge in [-0.3, -0.25) is 4.57 Å². The molecule has 8 heteroatoms. The van der Waals surface area contributed by atoms with Gasteiger partial charge in [-0.15, -0.1) is 0 Å². The molecule has 26 heavy (non-hydrogen) atoms. The van der Waals surface area contributed by atoms with Crippen molar-refractivity contribution in [3.8, 4) is 33.8 Å². The largest absolute Gasteiger partial charge is 0.506 e. The Kier molecular flexibility index (Phi) is 6.25. The van der Waals surface area contributed by atoms with E-state index in [1.807, 2.05) is 12.1 Å². The summed E-state index contributed by atoms with van der Waals surface area (Å²) < 4.78 is 13.9. The standard InChI is InChI=1S/C18H9Br4O3P/c19-11-4-8(5-12(20)17(11)23)10-2-1-3-15(26-25)16(10)9-6-13(21)18(24)14(22)7-9/h1-7,23-24H. The van der Waals surface area contributed by atoms with Gasteiger partial charge >= 0.3 is 0 Å². The Balaban J connectivity index is 2.35. The van der Waals surface area contributed by atoms with Gasteiger partial charge in [0.05, 0.1) is 23.2 Å². The molecule has 0 fully saturated rings. The van der Waals surface area contributed by atoms with Crippen LogP contribution in [0.1, 0.15) is 0 Å². The summed E-state index contributed by atoms with van der Waals surface area (Å²) in [5, 5.41) is 20.6. The fourth-order valence-corrected chi connectivity index (χ4v) is 5.45. The van der Waals surface area contributed by atoms with Crippen LogP contribution < -0.4 is 5.30 Å². The van der Waals surface area contributed by atoms with E-state index in [1.54, 1.807) is 30.3 Å². The van der Waals surface area contributed by atoms with E-state index < -0.39 is 0 Å². The highest BCUT2D eigenvalue weighted by Gasteiger charge is 2.17. The van der Waals surface area contributed by atoms with Crippen molar-refractivity contribution in [2.75, 3.05) is 0 Å². The van der Waals surface area contributed by atoms with Gasteiger partial charge in [0.1, 0.15) is 11.5 Å². The zero-order chi connectivity index (χ0) is 19.0. The maximum absolute atomic E-state index is 11.8. The molecule has 0 heterocycles. The summed E-state index contributed by atoms with van der Waals surface area (Å²) in [7, 11) is -0.113. The lowest BCUT2D eigenvalue weighted by Crippen LogP contribution is -2.01. The zero-order valence-electron chi connectivity index (χ0n) is 12.8. The van der Waals surface area contributed by atoms with Crippen LogP contribution in [-0.4, -0.2) is 10.2 Å². The first-order chi connectivity index (χ1) is 12.3. The Morgan fingerprint density at radius 3 is 1.65 bits per heavy atom. The van der Waals surface area contributed by atoms with Gasteiger partial charge in [-0.2, -0.15) is 0 Å². The van der Waals surface area contributed by atoms with Gasteiger partial charge in [-0.1, -0.05) is 12.1 Å². The van der Waals surface area contributed by atoms with Crippen LogP contribution in [-0.2, 0) is 4.57 Å². The third kappa shape index (κ3) is 3.78. The molecule has 0 unspecified atom stereocenters. The summed E-state index contributed by atoms with van der Waals surface area (Å²) in [5.74, 6) is 0.214. The first-order valence-corrected chi connectivity index (χ1v) is 11.1. The second-order valence-electron chi connectivity index (χ2n) is 5.37. The molecule has 0 aromatic heterocycles. The lowest BCUT2D eigenvalue weighted by molar-refractivity contribution is 0.468. The fourth-order valence-electron chi connectivity index (χ4n) is 2.59. The predicted molar refractivity (Wildman–Crippen MR) is 119 cm³/mol. The van der Waals surface area contributed by atoms with Crippen molar-refractivity contribution >= 4 is 77.5 Å². The molecular formula is C18H9Br4O3P. The molecule has 3 rings (SSSR count). The molecule has 0 aliphatic heterocycles. The fraction of sp³-hybridized carbons (Fsp3) is 0. The topological polar surface area (TPSA) is 57.5 Å². The van der Waals surface area contributed by atoms with E-state index in [9.17, 15) is 14.8 Å². The van der Waals surface area contributed by atoms with E-state index >= 15 is 0 Å². The Hall–Kier alpha value is -0.720. The molecule has 0 aliphatic carbocycles. The number of hydrogen-bond acceptors (Lipinski definition) is 3. The highest BCUT2D eigenvalue weighted by atomic mass is 79.9. The van der Waals surface area contributed by atoms with Gasteiger partial charge in [0, 0.05) is 5.56 Å². The molecule has 0 radical (unpaired) electrons. The van der Waals surface area contributed by atoms with Crippen molar-refractivity contribution in [1.29, 1.82) is 0 Å². The molecule has 0 saturated heterocycles. The first kappa shape index (κ1) is 20.0. The minimum atomic E-state index is -0.113. The molecule has 3 aromatic rings. The molecule has 0 spiro atoms. The van der Waals surface area contributed by atoms with Crippen LogP contribution in [0, 0.1) is 0 Å². The number of hydrogen-bond donors (Lipinski definition) is 2. The summed E-state index contributed by atoms with van der Waals surface area (Å²) in [6.07, 6.45) is 0. The number of aromatic hydroxyl groups is 2. The molecule has 0 amide bonds. The van der Waals surface area contributed by atoms with Crippen molar-refractivity contribution < 1.29 is 14.8 Å². The zero-order valence-corrected chi connectivity index (χ0v) is 20.0. The summed E-state index contributed by atoms with van der Waals surface area (Å²) in [6, 6.07) is 12.7.